The standard InChI is InChI=1S/C18H31NO/c1-6-18(7-2,13-19)9-8-10-20-17-15(4)11-14(3)12-16(17)5/h11-12H,6-10,13,19H2,1-5H3. The lowest BCUT2D eigenvalue weighted by atomic mass is 9.78. The summed E-state index contributed by atoms with van der Waals surface area (Å²) in [6.45, 7) is 12.4. The lowest BCUT2D eigenvalue weighted by Crippen LogP contribution is -2.29. The van der Waals surface area contributed by atoms with E-state index < -0.39 is 0 Å². The highest BCUT2D eigenvalue weighted by Crippen LogP contribution is 2.31. The third kappa shape index (κ3) is 4.24. The molecule has 0 saturated heterocycles. The van der Waals surface area contributed by atoms with E-state index in [1.165, 1.54) is 16.7 Å². The Balaban J connectivity index is 2.53. The minimum Gasteiger partial charge on any atom is -0.493 e. The SMILES string of the molecule is CCC(CC)(CN)CCCOc1c(C)cc(C)cc1C. The Labute approximate surface area is 124 Å². The first-order valence-corrected chi connectivity index (χ1v) is 7.88. The van der Waals surface area contributed by atoms with Gasteiger partial charge in [-0.3, -0.25) is 0 Å². The molecule has 0 aromatic heterocycles. The Kier molecular flexibility index (Phi) is 6.54. The van der Waals surface area contributed by atoms with Crippen molar-refractivity contribution in [1.82, 2.24) is 0 Å². The van der Waals surface area contributed by atoms with E-state index in [1.807, 2.05) is 0 Å². The molecular weight excluding hydrogens is 246 g/mol. The van der Waals surface area contributed by atoms with Crippen LogP contribution in [0.2, 0.25) is 0 Å². The molecule has 0 aliphatic carbocycles. The van der Waals surface area contributed by atoms with Gasteiger partial charge in [0, 0.05) is 0 Å². The molecule has 2 heteroatoms. The predicted octanol–water partition coefficient (Wildman–Crippen LogP) is 4.54. The maximum Gasteiger partial charge on any atom is 0.125 e. The molecule has 114 valence electrons. The molecule has 2 N–H and O–H groups in total. The van der Waals surface area contributed by atoms with Gasteiger partial charge < -0.3 is 10.5 Å². The predicted molar refractivity (Wildman–Crippen MR) is 87.5 cm³/mol. The molecule has 0 unspecified atom stereocenters. The van der Waals surface area contributed by atoms with E-state index in [1.54, 1.807) is 0 Å². The van der Waals surface area contributed by atoms with Crippen LogP contribution in [0.1, 0.15) is 56.2 Å². The molecule has 0 bridgehead atoms. The molecule has 1 aromatic rings. The van der Waals surface area contributed by atoms with Gasteiger partial charge in [-0.2, -0.15) is 0 Å². The van der Waals surface area contributed by atoms with Gasteiger partial charge in [-0.1, -0.05) is 31.5 Å². The van der Waals surface area contributed by atoms with Gasteiger partial charge in [0.15, 0.2) is 0 Å². The molecule has 0 amide bonds. The van der Waals surface area contributed by atoms with Crippen LogP contribution in [0.15, 0.2) is 12.1 Å². The second-order valence-electron chi connectivity index (χ2n) is 6.09. The van der Waals surface area contributed by atoms with Crippen molar-refractivity contribution < 1.29 is 4.74 Å². The molecule has 0 atom stereocenters. The number of aryl methyl sites for hydroxylation is 3. The highest BCUT2D eigenvalue weighted by molar-refractivity contribution is 5.42. The van der Waals surface area contributed by atoms with Crippen LogP contribution in [0.3, 0.4) is 0 Å². The van der Waals surface area contributed by atoms with Crippen LogP contribution >= 0.6 is 0 Å². The van der Waals surface area contributed by atoms with Crippen molar-refractivity contribution in [1.29, 1.82) is 0 Å². The normalized spacial score (nSPS) is 11.7. The lowest BCUT2D eigenvalue weighted by Gasteiger charge is -2.30. The Bertz CT molecular complexity index is 390. The first kappa shape index (κ1) is 17.0. The van der Waals surface area contributed by atoms with E-state index in [2.05, 4.69) is 46.8 Å². The van der Waals surface area contributed by atoms with Gasteiger partial charge in [-0.05, 0) is 69.5 Å². The van der Waals surface area contributed by atoms with Crippen molar-refractivity contribution in [2.24, 2.45) is 11.1 Å². The summed E-state index contributed by atoms with van der Waals surface area (Å²) in [4.78, 5) is 0. The van der Waals surface area contributed by atoms with Crippen molar-refractivity contribution in [3.8, 4) is 5.75 Å². The molecule has 0 aliphatic rings. The summed E-state index contributed by atoms with van der Waals surface area (Å²) >= 11 is 0. The third-order valence-corrected chi connectivity index (χ3v) is 4.64. The lowest BCUT2D eigenvalue weighted by molar-refractivity contribution is 0.212. The Morgan fingerprint density at radius 2 is 1.60 bits per heavy atom. The van der Waals surface area contributed by atoms with Crippen LogP contribution in [-0.2, 0) is 0 Å². The molecule has 0 fully saturated rings. The topological polar surface area (TPSA) is 35.2 Å². The first-order valence-electron chi connectivity index (χ1n) is 7.88. The van der Waals surface area contributed by atoms with Crippen LogP contribution < -0.4 is 10.5 Å². The summed E-state index contributed by atoms with van der Waals surface area (Å²) in [7, 11) is 0. The second kappa shape index (κ2) is 7.68. The molecule has 1 rings (SSSR count). The van der Waals surface area contributed by atoms with Crippen molar-refractivity contribution >= 4 is 0 Å². The van der Waals surface area contributed by atoms with Gasteiger partial charge in [0.25, 0.3) is 0 Å². The van der Waals surface area contributed by atoms with Crippen molar-refractivity contribution in [3.63, 3.8) is 0 Å². The van der Waals surface area contributed by atoms with Crippen LogP contribution in [0.4, 0.5) is 0 Å². The van der Waals surface area contributed by atoms with E-state index >= 15 is 0 Å². The van der Waals surface area contributed by atoms with E-state index in [-0.39, 0.29) is 0 Å². The number of benzene rings is 1. The van der Waals surface area contributed by atoms with Gasteiger partial charge in [0.1, 0.15) is 5.75 Å². The zero-order valence-electron chi connectivity index (χ0n) is 13.9. The van der Waals surface area contributed by atoms with Crippen molar-refractivity contribution in [2.45, 2.75) is 60.3 Å². The van der Waals surface area contributed by atoms with Gasteiger partial charge >= 0.3 is 0 Å². The summed E-state index contributed by atoms with van der Waals surface area (Å²) in [5.41, 5.74) is 10.0. The van der Waals surface area contributed by atoms with Crippen LogP contribution in [0.25, 0.3) is 0 Å². The fourth-order valence-electron chi connectivity index (χ4n) is 3.01. The van der Waals surface area contributed by atoms with Gasteiger partial charge in [0.05, 0.1) is 6.61 Å². The van der Waals surface area contributed by atoms with Crippen LogP contribution in [0, 0.1) is 26.2 Å². The van der Waals surface area contributed by atoms with Crippen molar-refractivity contribution in [2.75, 3.05) is 13.2 Å². The van der Waals surface area contributed by atoms with Gasteiger partial charge in [-0.25, -0.2) is 0 Å². The number of hydrogen-bond donors (Lipinski definition) is 1. The molecule has 0 spiro atoms. The maximum atomic E-state index is 6.01. The molecule has 2 nitrogen and oxygen atoms in total. The number of rotatable bonds is 8. The molecule has 0 saturated carbocycles. The fraction of sp³-hybridized carbons (Fsp3) is 0.667. The largest absolute Gasteiger partial charge is 0.493 e. The van der Waals surface area contributed by atoms with Gasteiger partial charge in [0.2, 0.25) is 0 Å². The fourth-order valence-corrected chi connectivity index (χ4v) is 3.01. The Morgan fingerprint density at radius 1 is 1.05 bits per heavy atom. The smallest absolute Gasteiger partial charge is 0.125 e. The third-order valence-electron chi connectivity index (χ3n) is 4.64. The number of nitrogens with two attached hydrogens (primary N) is 1. The maximum absolute atomic E-state index is 6.01. The second-order valence-corrected chi connectivity index (χ2v) is 6.09. The first-order chi connectivity index (χ1) is 9.48. The minimum atomic E-state index is 0.306. The van der Waals surface area contributed by atoms with E-state index in [4.69, 9.17) is 10.5 Å². The van der Waals surface area contributed by atoms with E-state index in [9.17, 15) is 0 Å². The highest BCUT2D eigenvalue weighted by atomic mass is 16.5. The average molecular weight is 277 g/mol. The zero-order chi connectivity index (χ0) is 15.2. The van der Waals surface area contributed by atoms with Gasteiger partial charge in [-0.15, -0.1) is 0 Å². The average Bonchev–Trinajstić information content (AvgIpc) is 2.42. The van der Waals surface area contributed by atoms with Crippen molar-refractivity contribution in [3.05, 3.63) is 28.8 Å². The number of hydrogen-bond acceptors (Lipinski definition) is 2. The summed E-state index contributed by atoms with van der Waals surface area (Å²) in [5, 5.41) is 0. The van der Waals surface area contributed by atoms with E-state index in [0.29, 0.717) is 5.41 Å². The zero-order valence-corrected chi connectivity index (χ0v) is 13.9. The Morgan fingerprint density at radius 3 is 2.05 bits per heavy atom. The monoisotopic (exact) mass is 277 g/mol. The Hall–Kier alpha value is -1.02. The number of ether oxygens (including phenoxy) is 1. The summed E-state index contributed by atoms with van der Waals surface area (Å²) in [6.07, 6.45) is 4.54. The van der Waals surface area contributed by atoms with Crippen LogP contribution in [0.5, 0.6) is 5.75 Å². The van der Waals surface area contributed by atoms with E-state index in [0.717, 1.165) is 44.6 Å². The minimum absolute atomic E-state index is 0.306. The molecule has 20 heavy (non-hydrogen) atoms. The summed E-state index contributed by atoms with van der Waals surface area (Å²) in [5.74, 6) is 1.06. The summed E-state index contributed by atoms with van der Waals surface area (Å²) < 4.78 is 6.01. The molecular formula is C18H31NO. The molecule has 1 aromatic carbocycles. The highest BCUT2D eigenvalue weighted by Gasteiger charge is 2.23. The molecule has 0 aliphatic heterocycles. The molecule has 0 radical (unpaired) electrons. The molecule has 0 heterocycles. The van der Waals surface area contributed by atoms with Crippen LogP contribution in [-0.4, -0.2) is 13.2 Å². The summed E-state index contributed by atoms with van der Waals surface area (Å²) in [6, 6.07) is 4.37. The quantitative estimate of drug-likeness (QED) is 0.708.